The van der Waals surface area contributed by atoms with Gasteiger partial charge in [-0.15, -0.1) is 0 Å². The molecule has 0 amide bonds. The monoisotopic (exact) mass is 334 g/mol. The van der Waals surface area contributed by atoms with Crippen LogP contribution in [0.5, 0.6) is 0 Å². The van der Waals surface area contributed by atoms with Crippen LogP contribution >= 0.6 is 0 Å². The molecule has 4 saturated carbocycles. The van der Waals surface area contributed by atoms with Gasteiger partial charge < -0.3 is 10.2 Å². The van der Waals surface area contributed by atoms with Crippen LogP contribution in [-0.2, 0) is 4.79 Å². The predicted octanol–water partition coefficient (Wildman–Crippen LogP) is 3.57. The van der Waals surface area contributed by atoms with Crippen LogP contribution in [0.1, 0.15) is 72.1 Å². The number of ketones is 1. The Kier molecular flexibility index (Phi) is 3.93. The number of hydrogen-bond acceptors (Lipinski definition) is 3. The van der Waals surface area contributed by atoms with E-state index in [2.05, 4.69) is 13.8 Å². The van der Waals surface area contributed by atoms with Crippen molar-refractivity contribution in [2.75, 3.05) is 0 Å². The topological polar surface area (TPSA) is 57.5 Å². The first-order valence-corrected chi connectivity index (χ1v) is 10.1. The highest BCUT2D eigenvalue weighted by Gasteiger charge is 2.63. The van der Waals surface area contributed by atoms with Crippen molar-refractivity contribution < 1.29 is 15.0 Å². The first-order chi connectivity index (χ1) is 11.3. The van der Waals surface area contributed by atoms with Gasteiger partial charge in [-0.05, 0) is 87.4 Å². The fourth-order valence-corrected chi connectivity index (χ4v) is 7.86. The number of carbonyl (C=O) groups excluding carboxylic acids is 1. The lowest BCUT2D eigenvalue weighted by atomic mass is 9.44. The van der Waals surface area contributed by atoms with Crippen molar-refractivity contribution in [1.82, 2.24) is 0 Å². The first kappa shape index (κ1) is 17.0. The summed E-state index contributed by atoms with van der Waals surface area (Å²) in [6.07, 6.45) is 7.92. The van der Waals surface area contributed by atoms with Crippen LogP contribution in [0.15, 0.2) is 0 Å². The van der Waals surface area contributed by atoms with E-state index in [-0.39, 0.29) is 34.7 Å². The van der Waals surface area contributed by atoms with E-state index in [0.29, 0.717) is 23.7 Å². The second-order valence-corrected chi connectivity index (χ2v) is 9.94. The predicted molar refractivity (Wildman–Crippen MR) is 93.3 cm³/mol. The summed E-state index contributed by atoms with van der Waals surface area (Å²) in [4.78, 5) is 12.2. The Labute approximate surface area is 146 Å². The van der Waals surface area contributed by atoms with Crippen LogP contribution in [0, 0.1) is 40.4 Å². The summed E-state index contributed by atoms with van der Waals surface area (Å²) in [5, 5.41) is 21.3. The number of aliphatic hydroxyl groups excluding tert-OH is 2. The van der Waals surface area contributed by atoms with E-state index in [1.165, 1.54) is 12.8 Å². The third-order valence-corrected chi connectivity index (χ3v) is 9.24. The number of aliphatic hydroxyl groups is 2. The van der Waals surface area contributed by atoms with E-state index in [0.717, 1.165) is 38.5 Å². The number of Topliss-reactive ketones (excluding diaryl/α,β-unsaturated/α-hetero) is 1. The van der Waals surface area contributed by atoms with Crippen molar-refractivity contribution in [2.45, 2.75) is 84.3 Å². The van der Waals surface area contributed by atoms with E-state index in [1.807, 2.05) is 0 Å². The molecule has 0 aromatic carbocycles. The second kappa shape index (κ2) is 5.54. The van der Waals surface area contributed by atoms with Gasteiger partial charge in [0.2, 0.25) is 0 Å². The van der Waals surface area contributed by atoms with E-state index >= 15 is 0 Å². The van der Waals surface area contributed by atoms with Crippen LogP contribution in [0.4, 0.5) is 0 Å². The first-order valence-electron chi connectivity index (χ1n) is 10.1. The van der Waals surface area contributed by atoms with Gasteiger partial charge in [0, 0.05) is 11.3 Å². The second-order valence-electron chi connectivity index (χ2n) is 9.94. The van der Waals surface area contributed by atoms with E-state index in [4.69, 9.17) is 0 Å². The Morgan fingerprint density at radius 3 is 2.42 bits per heavy atom. The van der Waals surface area contributed by atoms with Gasteiger partial charge in [0.25, 0.3) is 0 Å². The molecule has 0 radical (unpaired) electrons. The zero-order chi connectivity index (χ0) is 17.3. The molecule has 4 rings (SSSR count). The minimum Gasteiger partial charge on any atom is -0.393 e. The van der Waals surface area contributed by atoms with Crippen LogP contribution < -0.4 is 0 Å². The van der Waals surface area contributed by atoms with Gasteiger partial charge in [0.05, 0.1) is 12.2 Å². The fraction of sp³-hybridized carbons (Fsp3) is 0.952. The van der Waals surface area contributed by atoms with E-state index < -0.39 is 0 Å². The highest BCUT2D eigenvalue weighted by molar-refractivity contribution is 5.79. The number of hydrogen-bond donors (Lipinski definition) is 2. The van der Waals surface area contributed by atoms with Gasteiger partial charge in [-0.1, -0.05) is 13.8 Å². The minimum absolute atomic E-state index is 0.0529. The summed E-state index contributed by atoms with van der Waals surface area (Å²) >= 11 is 0. The maximum absolute atomic E-state index is 12.2. The molecular formula is C21H34O3. The molecule has 0 spiro atoms. The SMILES string of the molecule is CC(=O)[C@H]1CC[C@H]2[C@@H]3CCC4C[C@H](O)CC[C@]4(C)[C@H]3C[C@H](O)[C@]12C. The summed E-state index contributed by atoms with van der Waals surface area (Å²) in [5.41, 5.74) is 0.0726. The average Bonchev–Trinajstić information content (AvgIpc) is 2.88. The molecule has 3 nitrogen and oxygen atoms in total. The Bertz CT molecular complexity index is 531. The zero-order valence-electron chi connectivity index (χ0n) is 15.5. The molecule has 0 bridgehead atoms. The molecule has 4 fully saturated rings. The molecule has 0 heterocycles. The lowest BCUT2D eigenvalue weighted by Crippen LogP contribution is -2.58. The van der Waals surface area contributed by atoms with Gasteiger partial charge in [0.15, 0.2) is 0 Å². The summed E-state index contributed by atoms with van der Waals surface area (Å²) in [6.45, 7) is 6.36. The normalized spacial score (nSPS) is 57.0. The van der Waals surface area contributed by atoms with E-state index in [1.54, 1.807) is 6.92 Å². The van der Waals surface area contributed by atoms with Crippen molar-refractivity contribution in [2.24, 2.45) is 40.4 Å². The molecule has 4 aliphatic carbocycles. The molecule has 136 valence electrons. The molecule has 0 aliphatic heterocycles. The smallest absolute Gasteiger partial charge is 0.133 e. The summed E-state index contributed by atoms with van der Waals surface area (Å²) in [5.74, 6) is 2.69. The Morgan fingerprint density at radius 2 is 1.71 bits per heavy atom. The zero-order valence-corrected chi connectivity index (χ0v) is 15.5. The lowest BCUT2D eigenvalue weighted by molar-refractivity contribution is -0.173. The van der Waals surface area contributed by atoms with Crippen LogP contribution in [0.2, 0.25) is 0 Å². The number of rotatable bonds is 1. The molecule has 3 heteroatoms. The van der Waals surface area contributed by atoms with Crippen LogP contribution in [0.3, 0.4) is 0 Å². The summed E-state index contributed by atoms with van der Waals surface area (Å²) in [6, 6.07) is 0. The standard InChI is InChI=1S/C21H34O3/c1-12(22)16-6-7-17-15-5-4-13-10-14(23)8-9-20(13,2)18(15)11-19(24)21(16,17)3/h13-19,23-24H,4-11H2,1-3H3/t13?,14-,15+,16-,17+,18+,19+,20+,21-/m1/s1. The lowest BCUT2D eigenvalue weighted by Gasteiger charge is -2.62. The molecule has 0 aromatic rings. The molecule has 2 N–H and O–H groups in total. The largest absolute Gasteiger partial charge is 0.393 e. The fourth-order valence-electron chi connectivity index (χ4n) is 7.86. The minimum atomic E-state index is -0.345. The van der Waals surface area contributed by atoms with Gasteiger partial charge >= 0.3 is 0 Å². The number of carbonyl (C=O) groups is 1. The molecule has 4 aliphatic rings. The highest BCUT2D eigenvalue weighted by Crippen LogP contribution is 2.67. The molecular weight excluding hydrogens is 300 g/mol. The van der Waals surface area contributed by atoms with Gasteiger partial charge in [0.1, 0.15) is 5.78 Å². The third-order valence-electron chi connectivity index (χ3n) is 9.24. The van der Waals surface area contributed by atoms with Gasteiger partial charge in [-0.25, -0.2) is 0 Å². The van der Waals surface area contributed by atoms with Crippen molar-refractivity contribution >= 4 is 5.78 Å². The third kappa shape index (κ3) is 2.13. The Hall–Kier alpha value is -0.410. The molecule has 9 atom stereocenters. The van der Waals surface area contributed by atoms with Gasteiger partial charge in [-0.3, -0.25) is 4.79 Å². The molecule has 0 saturated heterocycles. The maximum Gasteiger partial charge on any atom is 0.133 e. The van der Waals surface area contributed by atoms with Crippen LogP contribution in [0.25, 0.3) is 0 Å². The van der Waals surface area contributed by atoms with Crippen molar-refractivity contribution in [3.8, 4) is 0 Å². The van der Waals surface area contributed by atoms with Crippen LogP contribution in [-0.4, -0.2) is 28.2 Å². The molecule has 1 unspecified atom stereocenters. The quantitative estimate of drug-likeness (QED) is 0.771. The average molecular weight is 335 g/mol. The van der Waals surface area contributed by atoms with Crippen molar-refractivity contribution in [3.63, 3.8) is 0 Å². The Morgan fingerprint density at radius 1 is 0.958 bits per heavy atom. The van der Waals surface area contributed by atoms with Crippen molar-refractivity contribution in [1.29, 1.82) is 0 Å². The maximum atomic E-state index is 12.2. The molecule has 0 aromatic heterocycles. The Balaban J connectivity index is 1.66. The van der Waals surface area contributed by atoms with Crippen molar-refractivity contribution in [3.05, 3.63) is 0 Å². The van der Waals surface area contributed by atoms with Gasteiger partial charge in [-0.2, -0.15) is 0 Å². The summed E-state index contributed by atoms with van der Waals surface area (Å²) < 4.78 is 0. The number of fused-ring (bicyclic) bond motifs is 5. The summed E-state index contributed by atoms with van der Waals surface area (Å²) in [7, 11) is 0. The highest BCUT2D eigenvalue weighted by atomic mass is 16.3. The van der Waals surface area contributed by atoms with E-state index in [9.17, 15) is 15.0 Å². The molecule has 24 heavy (non-hydrogen) atoms.